The van der Waals surface area contributed by atoms with Crippen LogP contribution in [-0.2, 0) is 0 Å². The fourth-order valence-electron chi connectivity index (χ4n) is 19.3. The zero-order valence-electron chi connectivity index (χ0n) is 55.7. The van der Waals surface area contributed by atoms with Crippen molar-refractivity contribution in [2.75, 3.05) is 19.6 Å². The summed E-state index contributed by atoms with van der Waals surface area (Å²) in [5, 5.41) is 9.93. The molecule has 0 aliphatic carbocycles. The number of aromatic nitrogens is 5. The Labute approximate surface area is 600 Å². The van der Waals surface area contributed by atoms with Gasteiger partial charge in [0.05, 0.1) is 65.5 Å². The predicted octanol–water partition coefficient (Wildman–Crippen LogP) is 19.8. The summed E-state index contributed by atoms with van der Waals surface area (Å²) in [4.78, 5) is 20.2. The summed E-state index contributed by atoms with van der Waals surface area (Å²) >= 11 is 1.72. The second kappa shape index (κ2) is 20.2. The fourth-order valence-corrected chi connectivity index (χ4v) is 20.0. The van der Waals surface area contributed by atoms with Crippen LogP contribution in [0.15, 0.2) is 321 Å². The second-order valence-electron chi connectivity index (χ2n) is 28.4. The van der Waals surface area contributed by atoms with Gasteiger partial charge in [-0.3, -0.25) is 4.57 Å². The molecule has 12 heteroatoms. The summed E-state index contributed by atoms with van der Waals surface area (Å²) in [6.45, 7) is -0.170. The molecule has 104 heavy (non-hydrogen) atoms. The van der Waals surface area contributed by atoms with Crippen LogP contribution in [0.3, 0.4) is 0 Å². The SMILES string of the molecule is c1ccc(N2c3cc4c5cc(-c6ccc7c(c6)c6cccc8c9c%10c(ccc9n7c68)B6c7cc8scnc8cc7N(c7ccccc7)c7cccc(c76)N%10c6ccccc6)cc6c7ccccc7n(c4cc3B3c4cc7ncn(-c8ccccc8)c7cc4N(c4ccccc4)c4cccc2c43)c65)cc1. The van der Waals surface area contributed by atoms with E-state index in [-0.39, 0.29) is 13.4 Å². The number of imidazole rings is 1. The largest absolute Gasteiger partial charge is 0.311 e. The first-order valence-electron chi connectivity index (χ1n) is 35.7. The van der Waals surface area contributed by atoms with Gasteiger partial charge in [-0.05, 0) is 202 Å². The van der Waals surface area contributed by atoms with E-state index in [1.165, 1.54) is 165 Å². The van der Waals surface area contributed by atoms with Gasteiger partial charge in [-0.25, -0.2) is 9.97 Å². The van der Waals surface area contributed by atoms with Gasteiger partial charge in [0.2, 0.25) is 0 Å². The Balaban J connectivity index is 0.699. The summed E-state index contributed by atoms with van der Waals surface area (Å²) in [6.07, 6.45) is 1.99. The quantitative estimate of drug-likeness (QED) is 0.155. The molecule has 0 radical (unpaired) electrons. The second-order valence-corrected chi connectivity index (χ2v) is 29.3. The average Bonchev–Trinajstić information content (AvgIpc) is 1.33. The zero-order chi connectivity index (χ0) is 67.3. The Morgan fingerprint density at radius 2 is 0.769 bits per heavy atom. The van der Waals surface area contributed by atoms with Crippen molar-refractivity contribution in [3.8, 4) is 16.8 Å². The van der Waals surface area contributed by atoms with Crippen molar-refractivity contribution in [2.24, 2.45) is 0 Å². The number of para-hydroxylation sites is 7. The Morgan fingerprint density at radius 1 is 0.279 bits per heavy atom. The van der Waals surface area contributed by atoms with Gasteiger partial charge >= 0.3 is 0 Å². The van der Waals surface area contributed by atoms with Gasteiger partial charge in [0.15, 0.2) is 0 Å². The van der Waals surface area contributed by atoms with Crippen LogP contribution in [0.5, 0.6) is 0 Å². The summed E-state index contributed by atoms with van der Waals surface area (Å²) in [6, 6.07) is 116. The third-order valence-electron chi connectivity index (χ3n) is 23.4. The van der Waals surface area contributed by atoms with E-state index in [1.807, 2.05) is 11.8 Å². The number of nitrogens with zero attached hydrogens (tertiary/aromatic N) is 9. The number of fused-ring (bicyclic) bond motifs is 23. The normalized spacial score (nSPS) is 13.7. The van der Waals surface area contributed by atoms with E-state index in [2.05, 4.69) is 342 Å². The zero-order valence-corrected chi connectivity index (χ0v) is 56.5. The Hall–Kier alpha value is -13.4. The molecular weight excluding hydrogens is 1280 g/mol. The van der Waals surface area contributed by atoms with Gasteiger partial charge < -0.3 is 28.4 Å². The average molecular weight is 1340 g/mol. The Bertz CT molecular complexity index is 7280. The van der Waals surface area contributed by atoms with Gasteiger partial charge in [-0.1, -0.05) is 152 Å². The molecule has 0 amide bonds. The van der Waals surface area contributed by atoms with Crippen LogP contribution < -0.4 is 52.4 Å². The highest BCUT2D eigenvalue weighted by Crippen LogP contribution is 2.53. The Kier molecular flexibility index (Phi) is 10.8. The maximum atomic E-state index is 5.19. The van der Waals surface area contributed by atoms with Crippen LogP contribution >= 0.6 is 11.3 Å². The number of hydrogen-bond donors (Lipinski definition) is 0. The van der Waals surface area contributed by atoms with Crippen molar-refractivity contribution in [3.63, 3.8) is 0 Å². The van der Waals surface area contributed by atoms with E-state index in [0.29, 0.717) is 0 Å². The molecule has 0 bridgehead atoms. The number of anilines is 12. The molecule has 4 aliphatic rings. The molecule has 0 fully saturated rings. The molecule has 0 spiro atoms. The molecule has 15 aromatic carbocycles. The maximum absolute atomic E-state index is 5.19. The van der Waals surface area contributed by atoms with E-state index >= 15 is 0 Å². The number of hydrogen-bond acceptors (Lipinski definition) is 7. The lowest BCUT2D eigenvalue weighted by Crippen LogP contribution is -2.61. The van der Waals surface area contributed by atoms with E-state index in [9.17, 15) is 0 Å². The first-order valence-corrected chi connectivity index (χ1v) is 36.6. The predicted molar refractivity (Wildman–Crippen MR) is 437 cm³/mol. The third-order valence-corrected chi connectivity index (χ3v) is 24.2. The highest BCUT2D eigenvalue weighted by Gasteiger charge is 2.47. The van der Waals surface area contributed by atoms with Gasteiger partial charge in [0.1, 0.15) is 6.33 Å². The van der Waals surface area contributed by atoms with Gasteiger partial charge in [0.25, 0.3) is 13.4 Å². The van der Waals surface area contributed by atoms with Crippen LogP contribution in [0.25, 0.3) is 114 Å². The van der Waals surface area contributed by atoms with E-state index in [1.54, 1.807) is 11.3 Å². The maximum Gasteiger partial charge on any atom is 0.252 e. The van der Waals surface area contributed by atoms with Gasteiger partial charge in [0, 0.05) is 111 Å². The minimum absolute atomic E-state index is 0.0427. The number of benzene rings is 15. The minimum Gasteiger partial charge on any atom is -0.311 e. The first kappa shape index (κ1) is 55.4. The Morgan fingerprint density at radius 3 is 1.45 bits per heavy atom. The van der Waals surface area contributed by atoms with Crippen LogP contribution in [0.4, 0.5) is 68.2 Å². The first-order chi connectivity index (χ1) is 51.6. The van der Waals surface area contributed by atoms with E-state index in [0.717, 1.165) is 50.7 Å². The molecule has 9 nitrogen and oxygen atoms in total. The monoisotopic (exact) mass is 1340 g/mol. The molecule has 25 rings (SSSR count). The van der Waals surface area contributed by atoms with Crippen molar-refractivity contribution in [1.29, 1.82) is 0 Å². The van der Waals surface area contributed by atoms with Crippen molar-refractivity contribution >= 4 is 223 Å². The molecule has 0 saturated heterocycles. The highest BCUT2D eigenvalue weighted by molar-refractivity contribution is 7.17. The van der Waals surface area contributed by atoms with Crippen LogP contribution in [0.1, 0.15) is 0 Å². The minimum atomic E-state index is -0.127. The summed E-state index contributed by atoms with van der Waals surface area (Å²) in [5.41, 5.74) is 37.3. The summed E-state index contributed by atoms with van der Waals surface area (Å²) in [7, 11) is 0. The van der Waals surface area contributed by atoms with Gasteiger partial charge in [-0.15, -0.1) is 11.3 Å². The fraction of sp³-hybridized carbons (Fsp3) is 0. The molecule has 478 valence electrons. The molecule has 6 aromatic heterocycles. The smallest absolute Gasteiger partial charge is 0.252 e. The summed E-state index contributed by atoms with van der Waals surface area (Å²) < 4.78 is 8.56. The van der Waals surface area contributed by atoms with Crippen LogP contribution in [0, 0.1) is 0 Å². The molecule has 0 atom stereocenters. The van der Waals surface area contributed by atoms with Crippen LogP contribution in [0.2, 0.25) is 0 Å². The third kappa shape index (κ3) is 7.14. The topological polar surface area (TPSA) is 52.5 Å². The molecule has 0 unspecified atom stereocenters. The van der Waals surface area contributed by atoms with Crippen molar-refractivity contribution < 1.29 is 0 Å². The molecule has 21 aromatic rings. The molecular formula is C92H53B2N9S. The molecule has 0 saturated carbocycles. The van der Waals surface area contributed by atoms with Crippen molar-refractivity contribution in [3.05, 3.63) is 321 Å². The van der Waals surface area contributed by atoms with Crippen molar-refractivity contribution in [1.82, 2.24) is 23.3 Å². The lowest BCUT2D eigenvalue weighted by atomic mass is 9.33. The molecule has 4 aliphatic heterocycles. The lowest BCUT2D eigenvalue weighted by molar-refractivity contribution is 1.09. The van der Waals surface area contributed by atoms with Crippen molar-refractivity contribution in [2.45, 2.75) is 0 Å². The summed E-state index contributed by atoms with van der Waals surface area (Å²) in [5.74, 6) is 0. The lowest BCUT2D eigenvalue weighted by Gasteiger charge is -2.44. The molecule has 10 heterocycles. The van der Waals surface area contributed by atoms with E-state index in [4.69, 9.17) is 9.97 Å². The van der Waals surface area contributed by atoms with Crippen LogP contribution in [-0.4, -0.2) is 36.8 Å². The standard InChI is InChI=1S/C92H53B2N9S/c1-6-21-56(22-7-1)97-52-95-72-47-69-84(51-85(72)97)100(59-27-12-4-13-28-59)78-36-19-35-77-88(78)94(69)70-48-81-65(46-82(70)98(77)57-23-8-2-9-24-57)67-45-55(44-66-61-31-16-17-34-74(61)103(81)91(66)67)54-39-41-75-64(43-54)62-32-18-33-63-87-76(102(75)90(62)63)42-40-68-92(87)101(60-29-14-5-15-30-60)80-38-20-37-79-89(80)93(68)71-49-86-73(96-53-104-86)50-83(71)99(79)58-25-10-3-11-26-58/h1-53H. The van der Waals surface area contributed by atoms with E-state index < -0.39 is 0 Å². The molecule has 0 N–H and O–H groups in total. The number of thiazole rings is 1. The number of rotatable bonds is 6. The van der Waals surface area contributed by atoms with Gasteiger partial charge in [-0.2, -0.15) is 0 Å². The highest BCUT2D eigenvalue weighted by atomic mass is 32.1.